The molecule has 1 heterocycles. The van der Waals surface area contributed by atoms with Gasteiger partial charge >= 0.3 is 0 Å². The summed E-state index contributed by atoms with van der Waals surface area (Å²) in [6.45, 7) is 9.11. The molecular weight excluding hydrogens is 258 g/mol. The van der Waals surface area contributed by atoms with Crippen LogP contribution < -0.4 is 4.74 Å². The predicted molar refractivity (Wildman–Crippen MR) is 80.9 cm³/mol. The van der Waals surface area contributed by atoms with Gasteiger partial charge in [-0.05, 0) is 48.9 Å². The van der Waals surface area contributed by atoms with Crippen LogP contribution in [0.2, 0.25) is 5.02 Å². The first-order chi connectivity index (χ1) is 9.13. The highest BCUT2D eigenvalue weighted by Crippen LogP contribution is 2.21. The maximum atomic E-state index is 5.84. The molecule has 19 heavy (non-hydrogen) atoms. The Morgan fingerprint density at radius 3 is 2.42 bits per heavy atom. The second kappa shape index (κ2) is 7.16. The molecule has 1 saturated heterocycles. The first-order valence-corrected chi connectivity index (χ1v) is 7.62. The molecule has 1 aliphatic heterocycles. The third-order valence-electron chi connectivity index (χ3n) is 3.65. The zero-order valence-electron chi connectivity index (χ0n) is 11.9. The van der Waals surface area contributed by atoms with Gasteiger partial charge in [-0.1, -0.05) is 25.4 Å². The molecule has 1 aliphatic rings. The topological polar surface area (TPSA) is 12.5 Å². The standard InChI is InChI=1S/C16H24ClNO/c1-13-10-14(2)12-18(11-13)8-3-9-19-16-6-4-15(17)5-7-16/h4-7,13-14H,3,8-12H2,1-2H3/t13-,14-/m1/s1. The third-order valence-corrected chi connectivity index (χ3v) is 3.90. The summed E-state index contributed by atoms with van der Waals surface area (Å²) >= 11 is 5.84. The van der Waals surface area contributed by atoms with E-state index < -0.39 is 0 Å². The Morgan fingerprint density at radius 1 is 1.16 bits per heavy atom. The quantitative estimate of drug-likeness (QED) is 0.754. The Bertz CT molecular complexity index is 369. The van der Waals surface area contributed by atoms with Crippen LogP contribution in [0.15, 0.2) is 24.3 Å². The Kier molecular flexibility index (Phi) is 5.53. The van der Waals surface area contributed by atoms with Crippen LogP contribution >= 0.6 is 11.6 Å². The lowest BCUT2D eigenvalue weighted by molar-refractivity contribution is 0.132. The molecule has 0 bridgehead atoms. The monoisotopic (exact) mass is 281 g/mol. The van der Waals surface area contributed by atoms with Crippen molar-refractivity contribution in [3.8, 4) is 5.75 Å². The average molecular weight is 282 g/mol. The molecule has 3 heteroatoms. The highest BCUT2D eigenvalue weighted by Gasteiger charge is 2.20. The number of hydrogen-bond donors (Lipinski definition) is 0. The molecule has 1 aromatic rings. The van der Waals surface area contributed by atoms with E-state index in [2.05, 4.69) is 18.7 Å². The lowest BCUT2D eigenvalue weighted by atomic mass is 9.92. The van der Waals surface area contributed by atoms with E-state index in [4.69, 9.17) is 16.3 Å². The van der Waals surface area contributed by atoms with Gasteiger partial charge in [-0.15, -0.1) is 0 Å². The van der Waals surface area contributed by atoms with Crippen LogP contribution in [0.3, 0.4) is 0 Å². The molecule has 0 aliphatic carbocycles. The van der Waals surface area contributed by atoms with E-state index in [1.54, 1.807) is 0 Å². The van der Waals surface area contributed by atoms with Crippen molar-refractivity contribution in [3.05, 3.63) is 29.3 Å². The second-order valence-corrected chi connectivity index (χ2v) is 6.30. The summed E-state index contributed by atoms with van der Waals surface area (Å²) in [5.74, 6) is 2.58. The van der Waals surface area contributed by atoms with Crippen LogP contribution in [0, 0.1) is 11.8 Å². The molecule has 0 amide bonds. The van der Waals surface area contributed by atoms with Crippen molar-refractivity contribution in [3.63, 3.8) is 0 Å². The van der Waals surface area contributed by atoms with Crippen LogP contribution in [0.1, 0.15) is 26.7 Å². The van der Waals surface area contributed by atoms with Gasteiger partial charge in [0, 0.05) is 24.7 Å². The fraction of sp³-hybridized carbons (Fsp3) is 0.625. The van der Waals surface area contributed by atoms with Gasteiger partial charge in [0.15, 0.2) is 0 Å². The van der Waals surface area contributed by atoms with Crippen molar-refractivity contribution in [1.82, 2.24) is 4.90 Å². The van der Waals surface area contributed by atoms with Gasteiger partial charge in [0.2, 0.25) is 0 Å². The van der Waals surface area contributed by atoms with Crippen LogP contribution in [0.25, 0.3) is 0 Å². The van der Waals surface area contributed by atoms with Gasteiger partial charge in [0.05, 0.1) is 6.61 Å². The van der Waals surface area contributed by atoms with Crippen molar-refractivity contribution in [2.24, 2.45) is 11.8 Å². The molecule has 106 valence electrons. The molecule has 0 radical (unpaired) electrons. The SMILES string of the molecule is C[C@@H]1C[C@@H](C)CN(CCCOc2ccc(Cl)cc2)C1. The minimum absolute atomic E-state index is 0.753. The van der Waals surface area contributed by atoms with Gasteiger partial charge in [-0.2, -0.15) is 0 Å². The van der Waals surface area contributed by atoms with Crippen molar-refractivity contribution < 1.29 is 4.74 Å². The fourth-order valence-corrected chi connectivity index (χ4v) is 3.11. The number of piperidine rings is 1. The maximum absolute atomic E-state index is 5.84. The molecule has 2 rings (SSSR count). The summed E-state index contributed by atoms with van der Waals surface area (Å²) in [4.78, 5) is 2.57. The summed E-state index contributed by atoms with van der Waals surface area (Å²) in [5, 5.41) is 0.753. The third kappa shape index (κ3) is 5.04. The molecule has 1 fully saturated rings. The Balaban J connectivity index is 1.65. The van der Waals surface area contributed by atoms with Crippen LogP contribution in [-0.2, 0) is 0 Å². The van der Waals surface area contributed by atoms with E-state index in [0.717, 1.165) is 42.2 Å². The van der Waals surface area contributed by atoms with Gasteiger partial charge in [0.1, 0.15) is 5.75 Å². The van der Waals surface area contributed by atoms with Crippen molar-refractivity contribution in [2.45, 2.75) is 26.7 Å². The summed E-state index contributed by atoms with van der Waals surface area (Å²) in [6.07, 6.45) is 2.46. The molecule has 0 saturated carbocycles. The van der Waals surface area contributed by atoms with Crippen LogP contribution in [0.4, 0.5) is 0 Å². The van der Waals surface area contributed by atoms with E-state index >= 15 is 0 Å². The molecule has 2 nitrogen and oxygen atoms in total. The first kappa shape index (κ1) is 14.7. The van der Waals surface area contributed by atoms with Gasteiger partial charge < -0.3 is 9.64 Å². The smallest absolute Gasteiger partial charge is 0.119 e. The highest BCUT2D eigenvalue weighted by atomic mass is 35.5. The minimum atomic E-state index is 0.753. The first-order valence-electron chi connectivity index (χ1n) is 7.24. The molecule has 2 atom stereocenters. The van der Waals surface area contributed by atoms with E-state index in [9.17, 15) is 0 Å². The average Bonchev–Trinajstić information content (AvgIpc) is 2.36. The summed E-state index contributed by atoms with van der Waals surface area (Å²) < 4.78 is 5.72. The Morgan fingerprint density at radius 2 is 1.79 bits per heavy atom. The molecule has 0 N–H and O–H groups in total. The molecule has 0 spiro atoms. The van der Waals surface area contributed by atoms with Gasteiger partial charge in [-0.25, -0.2) is 0 Å². The Hall–Kier alpha value is -0.730. The summed E-state index contributed by atoms with van der Waals surface area (Å²) in [6, 6.07) is 7.58. The van der Waals surface area contributed by atoms with Crippen molar-refractivity contribution in [1.29, 1.82) is 0 Å². The summed E-state index contributed by atoms with van der Waals surface area (Å²) in [7, 11) is 0. The van der Waals surface area contributed by atoms with E-state index in [0.29, 0.717) is 0 Å². The van der Waals surface area contributed by atoms with E-state index in [1.165, 1.54) is 19.5 Å². The summed E-state index contributed by atoms with van der Waals surface area (Å²) in [5.41, 5.74) is 0. The predicted octanol–water partition coefficient (Wildman–Crippen LogP) is 4.09. The number of likely N-dealkylation sites (tertiary alicyclic amines) is 1. The van der Waals surface area contributed by atoms with Gasteiger partial charge in [-0.3, -0.25) is 0 Å². The zero-order valence-corrected chi connectivity index (χ0v) is 12.7. The fourth-order valence-electron chi connectivity index (χ4n) is 2.98. The van der Waals surface area contributed by atoms with E-state index in [-0.39, 0.29) is 0 Å². The number of halogens is 1. The minimum Gasteiger partial charge on any atom is -0.494 e. The van der Waals surface area contributed by atoms with Crippen molar-refractivity contribution in [2.75, 3.05) is 26.2 Å². The number of nitrogens with zero attached hydrogens (tertiary/aromatic N) is 1. The molecular formula is C16H24ClNO. The molecule has 0 unspecified atom stereocenters. The Labute approximate surface area is 121 Å². The lowest BCUT2D eigenvalue weighted by Crippen LogP contribution is -2.39. The number of benzene rings is 1. The number of rotatable bonds is 5. The molecule has 0 aromatic heterocycles. The zero-order chi connectivity index (χ0) is 13.7. The maximum Gasteiger partial charge on any atom is 0.119 e. The van der Waals surface area contributed by atoms with E-state index in [1.807, 2.05) is 24.3 Å². The van der Waals surface area contributed by atoms with Crippen LogP contribution in [0.5, 0.6) is 5.75 Å². The normalized spacial score (nSPS) is 24.4. The van der Waals surface area contributed by atoms with Gasteiger partial charge in [0.25, 0.3) is 0 Å². The van der Waals surface area contributed by atoms with Crippen LogP contribution in [-0.4, -0.2) is 31.1 Å². The lowest BCUT2D eigenvalue weighted by Gasteiger charge is -2.34. The molecule has 1 aromatic carbocycles. The largest absolute Gasteiger partial charge is 0.494 e. The van der Waals surface area contributed by atoms with Crippen molar-refractivity contribution >= 4 is 11.6 Å². The highest BCUT2D eigenvalue weighted by molar-refractivity contribution is 6.30. The number of ether oxygens (including phenoxy) is 1. The number of hydrogen-bond acceptors (Lipinski definition) is 2. The second-order valence-electron chi connectivity index (χ2n) is 5.86.